The second kappa shape index (κ2) is 8.85. The van der Waals surface area contributed by atoms with Crippen molar-refractivity contribution in [1.82, 2.24) is 10.2 Å². The van der Waals surface area contributed by atoms with Crippen molar-refractivity contribution in [3.05, 3.63) is 59.7 Å². The summed E-state index contributed by atoms with van der Waals surface area (Å²) in [7, 11) is 1.77. The molecular weight excluding hydrogens is 406 g/mol. The van der Waals surface area contributed by atoms with E-state index >= 15 is 0 Å². The van der Waals surface area contributed by atoms with E-state index in [-0.39, 0.29) is 35.4 Å². The third-order valence-electron chi connectivity index (χ3n) is 5.00. The molecule has 0 bridgehead atoms. The van der Waals surface area contributed by atoms with Gasteiger partial charge < -0.3 is 15.0 Å². The van der Waals surface area contributed by atoms with Crippen LogP contribution in [0, 0.1) is 0 Å². The van der Waals surface area contributed by atoms with E-state index in [0.717, 1.165) is 15.6 Å². The number of ether oxygens (including phenoxy) is 1. The number of methoxy groups -OCH3 is 1. The Morgan fingerprint density at radius 1 is 1.20 bits per heavy atom. The van der Waals surface area contributed by atoms with Crippen LogP contribution in [-0.2, 0) is 14.8 Å². The fourth-order valence-corrected chi connectivity index (χ4v) is 4.81. The van der Waals surface area contributed by atoms with Crippen LogP contribution < -0.4 is 14.4 Å². The number of benzene rings is 2. The van der Waals surface area contributed by atoms with Crippen LogP contribution in [0.3, 0.4) is 0 Å². The zero-order valence-electron chi connectivity index (χ0n) is 17.2. The Hall–Kier alpha value is -2.91. The number of likely N-dealkylation sites (N-methyl/N-ethyl adjacent to an activating group) is 1. The van der Waals surface area contributed by atoms with Crippen molar-refractivity contribution >= 4 is 27.5 Å². The van der Waals surface area contributed by atoms with Crippen molar-refractivity contribution in [2.45, 2.75) is 12.5 Å². The van der Waals surface area contributed by atoms with Crippen LogP contribution in [0.1, 0.15) is 28.4 Å². The number of carbonyl (C=O) groups excluding carboxylic acids is 2. The fourth-order valence-electron chi connectivity index (χ4n) is 3.36. The van der Waals surface area contributed by atoms with Crippen LogP contribution in [0.5, 0.6) is 5.75 Å². The highest BCUT2D eigenvalue weighted by Gasteiger charge is 2.36. The van der Waals surface area contributed by atoms with E-state index in [1.807, 2.05) is 43.3 Å². The molecule has 1 aliphatic heterocycles. The summed E-state index contributed by atoms with van der Waals surface area (Å²) in [6.07, 6.45) is -0.0505. The number of hydrogen-bond acceptors (Lipinski definition) is 6. The average Bonchev–Trinajstić information content (AvgIpc) is 3.00. The number of anilines is 1. The number of sulfonamides is 1. The van der Waals surface area contributed by atoms with Gasteiger partial charge in [-0.05, 0) is 50.0 Å². The fraction of sp³-hybridized carbons (Fsp3) is 0.333. The van der Waals surface area contributed by atoms with Gasteiger partial charge in [-0.3, -0.25) is 9.59 Å². The Labute approximate surface area is 176 Å². The van der Waals surface area contributed by atoms with Crippen molar-refractivity contribution in [2.75, 3.05) is 37.8 Å². The van der Waals surface area contributed by atoms with Crippen molar-refractivity contribution < 1.29 is 22.7 Å². The van der Waals surface area contributed by atoms with E-state index in [1.54, 1.807) is 19.2 Å². The summed E-state index contributed by atoms with van der Waals surface area (Å²) in [5.41, 5.74) is 1.49. The maximum Gasteiger partial charge on any atom is 0.251 e. The number of hydrogen-bond donors (Lipinski definition) is 1. The molecule has 2 aromatic carbocycles. The highest BCUT2D eigenvalue weighted by Crippen LogP contribution is 2.26. The van der Waals surface area contributed by atoms with E-state index in [0.29, 0.717) is 6.54 Å². The number of carbonyl (C=O) groups is 2. The van der Waals surface area contributed by atoms with E-state index in [2.05, 4.69) is 5.32 Å². The quantitative estimate of drug-likeness (QED) is 0.718. The van der Waals surface area contributed by atoms with Crippen LogP contribution in [0.2, 0.25) is 0 Å². The van der Waals surface area contributed by atoms with Crippen molar-refractivity contribution in [3.8, 4) is 5.75 Å². The Morgan fingerprint density at radius 3 is 2.47 bits per heavy atom. The maximum atomic E-state index is 12.7. The lowest BCUT2D eigenvalue weighted by molar-refractivity contribution is -0.116. The third kappa shape index (κ3) is 4.63. The molecule has 0 saturated carbocycles. The van der Waals surface area contributed by atoms with Gasteiger partial charge in [0.1, 0.15) is 5.75 Å². The molecule has 8 nitrogen and oxygen atoms in total. The monoisotopic (exact) mass is 431 g/mol. The molecule has 0 spiro atoms. The first kappa shape index (κ1) is 21.8. The second-order valence-corrected chi connectivity index (χ2v) is 9.17. The summed E-state index contributed by atoms with van der Waals surface area (Å²) in [5.74, 6) is -0.293. The lowest BCUT2D eigenvalue weighted by atomic mass is 10.1. The first-order chi connectivity index (χ1) is 14.2. The van der Waals surface area contributed by atoms with Gasteiger partial charge in [0.05, 0.1) is 24.6 Å². The minimum Gasteiger partial charge on any atom is -0.497 e. The van der Waals surface area contributed by atoms with Gasteiger partial charge in [-0.1, -0.05) is 18.2 Å². The second-order valence-electron chi connectivity index (χ2n) is 7.24. The summed E-state index contributed by atoms with van der Waals surface area (Å²) in [5, 5.41) is 2.89. The highest BCUT2D eigenvalue weighted by molar-refractivity contribution is 7.94. The summed E-state index contributed by atoms with van der Waals surface area (Å²) in [6.45, 7) is 0.351. The van der Waals surface area contributed by atoms with Crippen LogP contribution in [-0.4, -0.2) is 58.6 Å². The minimum absolute atomic E-state index is 0.0505. The molecule has 0 aromatic heterocycles. The van der Waals surface area contributed by atoms with Gasteiger partial charge in [0.2, 0.25) is 15.9 Å². The molecule has 0 aliphatic carbocycles. The van der Waals surface area contributed by atoms with Gasteiger partial charge >= 0.3 is 0 Å². The van der Waals surface area contributed by atoms with E-state index < -0.39 is 15.9 Å². The Balaban J connectivity index is 1.74. The number of rotatable bonds is 7. The number of nitrogens with zero attached hydrogens (tertiary/aromatic N) is 2. The van der Waals surface area contributed by atoms with Gasteiger partial charge in [-0.15, -0.1) is 0 Å². The average molecular weight is 432 g/mol. The van der Waals surface area contributed by atoms with E-state index in [1.165, 1.54) is 12.1 Å². The molecule has 1 atom stereocenters. The number of nitrogens with one attached hydrogen (secondary N) is 1. The highest BCUT2D eigenvalue weighted by atomic mass is 32.2. The standard InChI is InChI=1S/C21H25N3O5S/c1-23(2)19(15-7-9-18(29-3)10-8-15)14-22-21(26)16-5-4-6-17(13-16)24-20(25)11-12-30(24,27)28/h4-10,13,19H,11-12,14H2,1-3H3,(H,22,26). The molecule has 0 radical (unpaired) electrons. The minimum atomic E-state index is -3.68. The largest absolute Gasteiger partial charge is 0.497 e. The first-order valence-electron chi connectivity index (χ1n) is 9.47. The predicted molar refractivity (Wildman–Crippen MR) is 114 cm³/mol. The summed E-state index contributed by atoms with van der Waals surface area (Å²) >= 11 is 0. The van der Waals surface area contributed by atoms with Gasteiger partial charge in [0.25, 0.3) is 5.91 Å². The smallest absolute Gasteiger partial charge is 0.251 e. The molecule has 1 N–H and O–H groups in total. The van der Waals surface area contributed by atoms with Gasteiger partial charge in [-0.25, -0.2) is 12.7 Å². The topological polar surface area (TPSA) is 96.0 Å². The molecule has 3 rings (SSSR count). The van der Waals surface area contributed by atoms with E-state index in [4.69, 9.17) is 4.74 Å². The first-order valence-corrected chi connectivity index (χ1v) is 11.1. The Bertz CT molecular complexity index is 1030. The Kier molecular flexibility index (Phi) is 6.42. The summed E-state index contributed by atoms with van der Waals surface area (Å²) < 4.78 is 30.2. The van der Waals surface area contributed by atoms with Crippen molar-refractivity contribution in [1.29, 1.82) is 0 Å². The van der Waals surface area contributed by atoms with Crippen LogP contribution in [0.15, 0.2) is 48.5 Å². The van der Waals surface area contributed by atoms with Crippen molar-refractivity contribution in [3.63, 3.8) is 0 Å². The van der Waals surface area contributed by atoms with Gasteiger partial charge in [0.15, 0.2) is 0 Å². The molecule has 1 heterocycles. The Morgan fingerprint density at radius 2 is 1.90 bits per heavy atom. The normalized spacial score (nSPS) is 16.5. The summed E-state index contributed by atoms with van der Waals surface area (Å²) in [6, 6.07) is 13.6. The van der Waals surface area contributed by atoms with E-state index in [9.17, 15) is 18.0 Å². The molecule has 1 saturated heterocycles. The molecular formula is C21H25N3O5S. The molecule has 30 heavy (non-hydrogen) atoms. The van der Waals surface area contributed by atoms with Crippen LogP contribution >= 0.6 is 0 Å². The lowest BCUT2D eigenvalue weighted by Crippen LogP contribution is -2.35. The molecule has 1 fully saturated rings. The third-order valence-corrected chi connectivity index (χ3v) is 6.69. The molecule has 9 heteroatoms. The molecule has 1 unspecified atom stereocenters. The predicted octanol–water partition coefficient (Wildman–Crippen LogP) is 1.79. The van der Waals surface area contributed by atoms with Gasteiger partial charge in [0, 0.05) is 18.5 Å². The van der Waals surface area contributed by atoms with Crippen LogP contribution in [0.4, 0.5) is 5.69 Å². The maximum absolute atomic E-state index is 12.7. The SMILES string of the molecule is COc1ccc(C(CNC(=O)c2cccc(N3C(=O)CCS3(=O)=O)c2)N(C)C)cc1. The molecule has 1 aliphatic rings. The van der Waals surface area contributed by atoms with Crippen molar-refractivity contribution in [2.24, 2.45) is 0 Å². The zero-order chi connectivity index (χ0) is 21.9. The van der Waals surface area contributed by atoms with Crippen LogP contribution in [0.25, 0.3) is 0 Å². The molecule has 2 aromatic rings. The lowest BCUT2D eigenvalue weighted by Gasteiger charge is -2.25. The summed E-state index contributed by atoms with van der Waals surface area (Å²) in [4.78, 5) is 26.7. The molecule has 160 valence electrons. The number of amides is 2. The van der Waals surface area contributed by atoms with Gasteiger partial charge in [-0.2, -0.15) is 0 Å². The molecule has 2 amide bonds. The zero-order valence-corrected chi connectivity index (χ0v) is 18.0.